The first-order chi connectivity index (χ1) is 11.7. The van der Waals surface area contributed by atoms with Crippen LogP contribution < -0.4 is 0 Å². The molecule has 0 saturated carbocycles. The van der Waals surface area contributed by atoms with E-state index in [0.29, 0.717) is 18.8 Å². The monoisotopic (exact) mass is 320 g/mol. The zero-order valence-corrected chi connectivity index (χ0v) is 13.2. The molecule has 0 spiro atoms. The van der Waals surface area contributed by atoms with E-state index in [9.17, 15) is 4.79 Å². The van der Waals surface area contributed by atoms with Crippen LogP contribution >= 0.6 is 0 Å². The van der Waals surface area contributed by atoms with Gasteiger partial charge in [0.05, 0.1) is 12.6 Å². The number of rotatable bonds is 2. The minimum absolute atomic E-state index is 0.0877. The van der Waals surface area contributed by atoms with Crippen molar-refractivity contribution in [3.63, 3.8) is 0 Å². The molecule has 1 aliphatic heterocycles. The summed E-state index contributed by atoms with van der Waals surface area (Å²) in [7, 11) is 0. The summed E-state index contributed by atoms with van der Waals surface area (Å²) in [5, 5.41) is 8.63. The molecule has 0 radical (unpaired) electrons. The van der Waals surface area contributed by atoms with Gasteiger partial charge in [-0.3, -0.25) is 4.79 Å². The van der Waals surface area contributed by atoms with E-state index in [-0.39, 0.29) is 11.9 Å². The molecule has 1 aromatic carbocycles. The Morgan fingerprint density at radius 2 is 2.00 bits per heavy atom. The van der Waals surface area contributed by atoms with Gasteiger partial charge in [-0.15, -0.1) is 10.2 Å². The first kappa shape index (κ1) is 14.5. The largest absolute Gasteiger partial charge is 0.328 e. The summed E-state index contributed by atoms with van der Waals surface area (Å²) in [5.74, 6) is 1.52. The van der Waals surface area contributed by atoms with E-state index in [1.165, 1.54) is 6.33 Å². The Bertz CT molecular complexity index is 861. The molecule has 1 aliphatic rings. The average Bonchev–Trinajstić information content (AvgIpc) is 3.07. The molecule has 0 unspecified atom stereocenters. The Morgan fingerprint density at radius 3 is 2.75 bits per heavy atom. The zero-order valence-electron chi connectivity index (χ0n) is 13.2. The molecule has 3 heterocycles. The highest BCUT2D eigenvalue weighted by Crippen LogP contribution is 2.27. The van der Waals surface area contributed by atoms with Crippen molar-refractivity contribution in [3.8, 4) is 11.4 Å². The number of benzene rings is 1. The smallest absolute Gasteiger partial charge is 0.273 e. The Labute approximate surface area is 139 Å². The first-order valence-corrected chi connectivity index (χ1v) is 7.78. The SMILES string of the molecule is C[C@H]1CN(C(=O)c2ccncn2)Cc2nnc(-c3ccccc3)n21. The van der Waals surface area contributed by atoms with Crippen molar-refractivity contribution >= 4 is 5.91 Å². The molecule has 0 bridgehead atoms. The van der Waals surface area contributed by atoms with Crippen LogP contribution in [0.3, 0.4) is 0 Å². The normalized spacial score (nSPS) is 16.7. The van der Waals surface area contributed by atoms with Gasteiger partial charge in [0.2, 0.25) is 0 Å². The maximum atomic E-state index is 12.6. The lowest BCUT2D eigenvalue weighted by Gasteiger charge is -2.32. The number of hydrogen-bond acceptors (Lipinski definition) is 5. The van der Waals surface area contributed by atoms with Gasteiger partial charge >= 0.3 is 0 Å². The molecule has 120 valence electrons. The molecule has 7 nitrogen and oxygen atoms in total. The summed E-state index contributed by atoms with van der Waals surface area (Å²) in [4.78, 5) is 22.3. The number of hydrogen-bond donors (Lipinski definition) is 0. The molecule has 4 rings (SSSR count). The summed E-state index contributed by atoms with van der Waals surface area (Å²) in [6.45, 7) is 3.08. The fraction of sp³-hybridized carbons (Fsp3) is 0.235. The standard InChI is InChI=1S/C17H16N6O/c1-12-9-22(17(24)14-7-8-18-11-19-14)10-15-20-21-16(23(12)15)13-5-3-2-4-6-13/h2-8,11-12H,9-10H2,1H3/t12-/m0/s1. The molecular formula is C17H16N6O. The minimum atomic E-state index is -0.111. The van der Waals surface area contributed by atoms with Gasteiger partial charge in [-0.2, -0.15) is 0 Å². The summed E-state index contributed by atoms with van der Waals surface area (Å²) < 4.78 is 2.11. The van der Waals surface area contributed by atoms with E-state index < -0.39 is 0 Å². The third-order valence-corrected chi connectivity index (χ3v) is 4.14. The van der Waals surface area contributed by atoms with Gasteiger partial charge in [0, 0.05) is 18.3 Å². The number of nitrogens with zero attached hydrogens (tertiary/aromatic N) is 6. The van der Waals surface area contributed by atoms with Gasteiger partial charge in [0.15, 0.2) is 11.6 Å². The highest BCUT2D eigenvalue weighted by atomic mass is 16.2. The van der Waals surface area contributed by atoms with Gasteiger partial charge in [0.25, 0.3) is 5.91 Å². The van der Waals surface area contributed by atoms with Crippen molar-refractivity contribution in [3.05, 3.63) is 60.4 Å². The maximum absolute atomic E-state index is 12.6. The molecular weight excluding hydrogens is 304 g/mol. The van der Waals surface area contributed by atoms with Crippen molar-refractivity contribution in [2.24, 2.45) is 0 Å². The summed E-state index contributed by atoms with van der Waals surface area (Å²) in [6.07, 6.45) is 2.96. The van der Waals surface area contributed by atoms with Gasteiger partial charge in [0.1, 0.15) is 12.0 Å². The molecule has 0 fully saturated rings. The topological polar surface area (TPSA) is 76.8 Å². The molecule has 1 amide bonds. The molecule has 3 aromatic rings. The Morgan fingerprint density at radius 1 is 1.17 bits per heavy atom. The maximum Gasteiger partial charge on any atom is 0.273 e. The number of amides is 1. The lowest BCUT2D eigenvalue weighted by atomic mass is 10.1. The van der Waals surface area contributed by atoms with Crippen LogP contribution in [0.5, 0.6) is 0 Å². The van der Waals surface area contributed by atoms with E-state index in [2.05, 4.69) is 31.7 Å². The summed E-state index contributed by atoms with van der Waals surface area (Å²) in [6, 6.07) is 11.7. The van der Waals surface area contributed by atoms with Crippen LogP contribution in [-0.4, -0.2) is 42.1 Å². The Kier molecular flexibility index (Phi) is 3.53. The Hall–Kier alpha value is -3.09. The third-order valence-electron chi connectivity index (χ3n) is 4.14. The van der Waals surface area contributed by atoms with Gasteiger partial charge in [-0.25, -0.2) is 9.97 Å². The van der Waals surface area contributed by atoms with E-state index >= 15 is 0 Å². The van der Waals surface area contributed by atoms with Gasteiger partial charge in [-0.05, 0) is 13.0 Å². The van der Waals surface area contributed by atoms with Crippen LogP contribution in [0.1, 0.15) is 29.3 Å². The fourth-order valence-corrected chi connectivity index (χ4v) is 3.05. The van der Waals surface area contributed by atoms with Crippen molar-refractivity contribution in [1.29, 1.82) is 0 Å². The highest BCUT2D eigenvalue weighted by molar-refractivity contribution is 5.92. The van der Waals surface area contributed by atoms with Crippen LogP contribution in [0.2, 0.25) is 0 Å². The molecule has 24 heavy (non-hydrogen) atoms. The molecule has 2 aromatic heterocycles. The van der Waals surface area contributed by atoms with E-state index in [0.717, 1.165) is 17.2 Å². The average molecular weight is 320 g/mol. The lowest BCUT2D eigenvalue weighted by Crippen LogP contribution is -2.40. The van der Waals surface area contributed by atoms with Crippen LogP contribution in [0.15, 0.2) is 48.9 Å². The number of carbonyl (C=O) groups excluding carboxylic acids is 1. The molecule has 7 heteroatoms. The Balaban J connectivity index is 1.65. The number of carbonyl (C=O) groups is 1. The van der Waals surface area contributed by atoms with Crippen molar-refractivity contribution in [1.82, 2.24) is 29.6 Å². The fourth-order valence-electron chi connectivity index (χ4n) is 3.05. The first-order valence-electron chi connectivity index (χ1n) is 7.78. The van der Waals surface area contributed by atoms with Crippen LogP contribution in [0, 0.1) is 0 Å². The van der Waals surface area contributed by atoms with Crippen molar-refractivity contribution in [2.45, 2.75) is 19.5 Å². The minimum Gasteiger partial charge on any atom is -0.328 e. The molecule has 0 saturated heterocycles. The predicted octanol–water partition coefficient (Wildman–Crippen LogP) is 1.95. The van der Waals surface area contributed by atoms with Crippen LogP contribution in [-0.2, 0) is 6.54 Å². The highest BCUT2D eigenvalue weighted by Gasteiger charge is 2.30. The zero-order chi connectivity index (χ0) is 16.5. The quantitative estimate of drug-likeness (QED) is 0.721. The third kappa shape index (κ3) is 2.44. The molecule has 0 aliphatic carbocycles. The second kappa shape index (κ2) is 5.84. The van der Waals surface area contributed by atoms with E-state index in [1.807, 2.05) is 30.3 Å². The number of fused-ring (bicyclic) bond motifs is 1. The van der Waals surface area contributed by atoms with Crippen molar-refractivity contribution < 1.29 is 4.79 Å². The summed E-state index contributed by atoms with van der Waals surface area (Å²) in [5.41, 5.74) is 1.42. The predicted molar refractivity (Wildman–Crippen MR) is 86.9 cm³/mol. The van der Waals surface area contributed by atoms with Crippen LogP contribution in [0.4, 0.5) is 0 Å². The van der Waals surface area contributed by atoms with Gasteiger partial charge < -0.3 is 9.47 Å². The van der Waals surface area contributed by atoms with Crippen LogP contribution in [0.25, 0.3) is 11.4 Å². The second-order valence-electron chi connectivity index (χ2n) is 5.81. The van der Waals surface area contributed by atoms with E-state index in [4.69, 9.17) is 0 Å². The van der Waals surface area contributed by atoms with Gasteiger partial charge in [-0.1, -0.05) is 30.3 Å². The molecule has 0 N–H and O–H groups in total. The second-order valence-corrected chi connectivity index (χ2v) is 5.81. The van der Waals surface area contributed by atoms with E-state index in [1.54, 1.807) is 17.2 Å². The molecule has 1 atom stereocenters. The van der Waals surface area contributed by atoms with Crippen molar-refractivity contribution in [2.75, 3.05) is 6.54 Å². The lowest BCUT2D eigenvalue weighted by molar-refractivity contribution is 0.0676. The summed E-state index contributed by atoms with van der Waals surface area (Å²) >= 11 is 0. The number of aromatic nitrogens is 5.